The number of carbonyl (C=O) groups excluding carboxylic acids is 1. The number of hydrogen-bond acceptors (Lipinski definition) is 6. The van der Waals surface area contributed by atoms with Crippen molar-refractivity contribution in [2.75, 3.05) is 18.1 Å². The van der Waals surface area contributed by atoms with Gasteiger partial charge in [0.25, 0.3) is 5.91 Å². The van der Waals surface area contributed by atoms with E-state index in [1.807, 2.05) is 0 Å². The first kappa shape index (κ1) is 16.9. The van der Waals surface area contributed by atoms with Crippen molar-refractivity contribution < 1.29 is 18.3 Å². The van der Waals surface area contributed by atoms with E-state index in [1.54, 1.807) is 5.38 Å². The van der Waals surface area contributed by atoms with Crippen molar-refractivity contribution in [3.63, 3.8) is 0 Å². The summed E-state index contributed by atoms with van der Waals surface area (Å²) in [6, 6.07) is 0. The molecule has 8 heteroatoms. The number of nitrogens with zero attached hydrogens (tertiary/aromatic N) is 1. The van der Waals surface area contributed by atoms with Crippen LogP contribution in [-0.2, 0) is 9.84 Å². The third-order valence-electron chi connectivity index (χ3n) is 4.65. The molecule has 2 aliphatic rings. The molecule has 2 heterocycles. The van der Waals surface area contributed by atoms with E-state index >= 15 is 0 Å². The van der Waals surface area contributed by atoms with Crippen molar-refractivity contribution >= 4 is 27.1 Å². The lowest BCUT2D eigenvalue weighted by Gasteiger charge is -2.20. The van der Waals surface area contributed by atoms with Crippen LogP contribution >= 0.6 is 11.3 Å². The fourth-order valence-corrected chi connectivity index (χ4v) is 6.17. The third-order valence-corrected chi connectivity index (χ3v) is 7.46. The molecule has 128 valence electrons. The van der Waals surface area contributed by atoms with Crippen LogP contribution in [0, 0.1) is 0 Å². The number of hydrogen-bond donors (Lipinski definition) is 2. The van der Waals surface area contributed by atoms with Gasteiger partial charge < -0.3 is 10.4 Å². The molecule has 3 rings (SSSR count). The number of rotatable bonds is 4. The molecular formula is C15H22N2O4S2. The molecule has 2 N–H and O–H groups in total. The number of carbonyl (C=O) groups is 1. The van der Waals surface area contributed by atoms with Crippen molar-refractivity contribution in [2.24, 2.45) is 0 Å². The lowest BCUT2D eigenvalue weighted by Crippen LogP contribution is -2.43. The van der Waals surface area contributed by atoms with E-state index in [2.05, 4.69) is 10.3 Å². The minimum Gasteiger partial charge on any atom is -0.387 e. The van der Waals surface area contributed by atoms with Gasteiger partial charge >= 0.3 is 0 Å². The highest BCUT2D eigenvalue weighted by atomic mass is 32.2. The van der Waals surface area contributed by atoms with E-state index < -0.39 is 15.4 Å². The van der Waals surface area contributed by atoms with Crippen LogP contribution in [0.25, 0.3) is 0 Å². The standard InChI is InChI=1S/C15H22N2O4S2/c18-13(16-9-15(19)6-7-23(20,21)10-15)12-8-22-14(17-12)11-4-2-1-3-5-11/h8,11,19H,1-7,9-10H2,(H,16,18). The Morgan fingerprint density at radius 2 is 2.13 bits per heavy atom. The molecule has 1 unspecified atom stereocenters. The SMILES string of the molecule is O=C(NCC1(O)CCS(=O)(=O)C1)c1csc(C2CCCCC2)n1. The van der Waals surface area contributed by atoms with Gasteiger partial charge in [-0.05, 0) is 19.3 Å². The highest BCUT2D eigenvalue weighted by molar-refractivity contribution is 7.91. The molecule has 2 fully saturated rings. The second kappa shape index (κ2) is 6.49. The summed E-state index contributed by atoms with van der Waals surface area (Å²) < 4.78 is 22.9. The molecule has 1 aliphatic carbocycles. The van der Waals surface area contributed by atoms with E-state index in [9.17, 15) is 18.3 Å². The van der Waals surface area contributed by atoms with Gasteiger partial charge in [0, 0.05) is 17.8 Å². The van der Waals surface area contributed by atoms with Gasteiger partial charge in [0.15, 0.2) is 9.84 Å². The molecule has 1 aromatic rings. The molecule has 1 saturated carbocycles. The zero-order chi connectivity index (χ0) is 16.5. The lowest BCUT2D eigenvalue weighted by molar-refractivity contribution is 0.0607. The second-order valence-corrected chi connectivity index (χ2v) is 9.73. The summed E-state index contributed by atoms with van der Waals surface area (Å²) in [6.07, 6.45) is 6.13. The van der Waals surface area contributed by atoms with Gasteiger partial charge in [-0.1, -0.05) is 19.3 Å². The summed E-state index contributed by atoms with van der Waals surface area (Å²) in [5.41, 5.74) is -0.989. The van der Waals surface area contributed by atoms with Crippen LogP contribution in [0.15, 0.2) is 5.38 Å². The molecule has 23 heavy (non-hydrogen) atoms. The predicted octanol–water partition coefficient (Wildman–Crippen LogP) is 1.47. The smallest absolute Gasteiger partial charge is 0.270 e. The summed E-state index contributed by atoms with van der Waals surface area (Å²) in [5, 5.41) is 15.6. The van der Waals surface area contributed by atoms with Crippen LogP contribution in [0.4, 0.5) is 0 Å². The van der Waals surface area contributed by atoms with Gasteiger partial charge in [-0.15, -0.1) is 11.3 Å². The maximum atomic E-state index is 12.2. The predicted molar refractivity (Wildman–Crippen MR) is 88.5 cm³/mol. The van der Waals surface area contributed by atoms with Crippen molar-refractivity contribution in [1.82, 2.24) is 10.3 Å². The van der Waals surface area contributed by atoms with Crippen LogP contribution < -0.4 is 5.32 Å². The van der Waals surface area contributed by atoms with Crippen molar-refractivity contribution in [3.8, 4) is 0 Å². The van der Waals surface area contributed by atoms with E-state index in [-0.39, 0.29) is 30.4 Å². The Bertz CT molecular complexity index is 679. The maximum absolute atomic E-state index is 12.2. The van der Waals surface area contributed by atoms with Crippen LogP contribution in [0.2, 0.25) is 0 Å². The minimum absolute atomic E-state index is 0.0259. The summed E-state index contributed by atoms with van der Waals surface area (Å²) in [6.45, 7) is -0.0542. The molecule has 1 aromatic heterocycles. The Hall–Kier alpha value is -0.990. The second-order valence-electron chi connectivity index (χ2n) is 6.65. The topological polar surface area (TPSA) is 96.4 Å². The average Bonchev–Trinajstić information content (AvgIpc) is 3.11. The Labute approximate surface area is 140 Å². The van der Waals surface area contributed by atoms with Crippen molar-refractivity contribution in [2.45, 2.75) is 50.0 Å². The number of sulfone groups is 1. The first-order chi connectivity index (χ1) is 10.9. The number of nitrogens with one attached hydrogen (secondary N) is 1. The van der Waals surface area contributed by atoms with Crippen molar-refractivity contribution in [3.05, 3.63) is 16.1 Å². The molecule has 0 radical (unpaired) electrons. The van der Waals surface area contributed by atoms with Gasteiger partial charge in [-0.3, -0.25) is 4.79 Å². The molecular weight excluding hydrogens is 336 g/mol. The van der Waals surface area contributed by atoms with Gasteiger partial charge in [0.05, 0.1) is 22.1 Å². The highest BCUT2D eigenvalue weighted by Gasteiger charge is 2.40. The van der Waals surface area contributed by atoms with Crippen molar-refractivity contribution in [1.29, 1.82) is 0 Å². The quantitative estimate of drug-likeness (QED) is 0.850. The Morgan fingerprint density at radius 1 is 1.39 bits per heavy atom. The van der Waals surface area contributed by atoms with Crippen LogP contribution in [0.3, 0.4) is 0 Å². The number of aliphatic hydroxyl groups is 1. The molecule has 0 bridgehead atoms. The minimum atomic E-state index is -3.19. The van der Waals surface area contributed by atoms with Crippen LogP contribution in [0.5, 0.6) is 0 Å². The molecule has 1 saturated heterocycles. The third kappa shape index (κ3) is 4.10. The molecule has 0 spiro atoms. The molecule has 1 aliphatic heterocycles. The highest BCUT2D eigenvalue weighted by Crippen LogP contribution is 2.34. The Kier molecular flexibility index (Phi) is 4.75. The van der Waals surface area contributed by atoms with Gasteiger partial charge in [0.2, 0.25) is 0 Å². The zero-order valence-electron chi connectivity index (χ0n) is 13.0. The summed E-state index contributed by atoms with van der Waals surface area (Å²) in [7, 11) is -3.19. The van der Waals surface area contributed by atoms with Gasteiger partial charge in [-0.2, -0.15) is 0 Å². The number of amides is 1. The maximum Gasteiger partial charge on any atom is 0.270 e. The fraction of sp³-hybridized carbons (Fsp3) is 0.733. The van der Waals surface area contributed by atoms with E-state index in [4.69, 9.17) is 0 Å². The van der Waals surface area contributed by atoms with Crippen LogP contribution in [-0.4, -0.2) is 48.1 Å². The van der Waals surface area contributed by atoms with Gasteiger partial charge in [0.1, 0.15) is 5.69 Å². The average molecular weight is 358 g/mol. The fourth-order valence-electron chi connectivity index (χ4n) is 3.30. The monoisotopic (exact) mass is 358 g/mol. The molecule has 1 amide bonds. The summed E-state index contributed by atoms with van der Waals surface area (Å²) in [4.78, 5) is 16.6. The van der Waals surface area contributed by atoms with E-state index in [1.165, 1.54) is 30.6 Å². The lowest BCUT2D eigenvalue weighted by atomic mass is 9.90. The Morgan fingerprint density at radius 3 is 2.78 bits per heavy atom. The van der Waals surface area contributed by atoms with E-state index in [0.717, 1.165) is 17.8 Å². The van der Waals surface area contributed by atoms with Gasteiger partial charge in [-0.25, -0.2) is 13.4 Å². The first-order valence-electron chi connectivity index (χ1n) is 8.03. The molecule has 1 atom stereocenters. The van der Waals surface area contributed by atoms with Crippen LogP contribution in [0.1, 0.15) is 59.9 Å². The zero-order valence-corrected chi connectivity index (χ0v) is 14.6. The molecule has 0 aromatic carbocycles. The number of aromatic nitrogens is 1. The molecule has 6 nitrogen and oxygen atoms in total. The Balaban J connectivity index is 1.57. The first-order valence-corrected chi connectivity index (χ1v) is 10.7. The largest absolute Gasteiger partial charge is 0.387 e. The number of thiazole rings is 1. The summed E-state index contributed by atoms with van der Waals surface area (Å²) >= 11 is 1.51. The van der Waals surface area contributed by atoms with E-state index in [0.29, 0.717) is 11.6 Å². The summed E-state index contributed by atoms with van der Waals surface area (Å²) in [5.74, 6) is -0.201. The normalized spacial score (nSPS) is 27.9.